The molecule has 0 saturated carbocycles. The maximum absolute atomic E-state index is 5.89. The Kier molecular flexibility index (Phi) is 6.26. The van der Waals surface area contributed by atoms with Crippen LogP contribution in [0.5, 0.6) is 11.5 Å². The topological polar surface area (TPSA) is 51.6 Å². The Hall–Kier alpha value is -3.36. The van der Waals surface area contributed by atoms with Gasteiger partial charge >= 0.3 is 0 Å². The Morgan fingerprint density at radius 3 is 2.50 bits per heavy atom. The summed E-state index contributed by atoms with van der Waals surface area (Å²) in [7, 11) is 3.31. The van der Waals surface area contributed by atoms with E-state index in [1.807, 2.05) is 48.5 Å². The van der Waals surface area contributed by atoms with Gasteiger partial charge in [-0.05, 0) is 72.9 Å². The van der Waals surface area contributed by atoms with Crippen LogP contribution in [0.1, 0.15) is 23.5 Å². The van der Waals surface area contributed by atoms with Crippen molar-refractivity contribution in [2.24, 2.45) is 0 Å². The van der Waals surface area contributed by atoms with E-state index in [0.717, 1.165) is 33.0 Å². The van der Waals surface area contributed by atoms with Crippen LogP contribution in [0.15, 0.2) is 89.7 Å². The average Bonchev–Trinajstić information content (AvgIpc) is 3.49. The fraction of sp³-hybridized carbons (Fsp3) is 0.154. The Balaban J connectivity index is 1.70. The molecule has 0 radical (unpaired) electrons. The zero-order valence-electron chi connectivity index (χ0n) is 18.7. The Morgan fingerprint density at radius 2 is 1.79 bits per heavy atom. The molecule has 34 heavy (non-hydrogen) atoms. The van der Waals surface area contributed by atoms with Crippen LogP contribution in [0.3, 0.4) is 0 Å². The number of hydrogen-bond acceptors (Lipinski definition) is 4. The van der Waals surface area contributed by atoms with Crippen molar-refractivity contribution in [2.75, 3.05) is 19.1 Å². The maximum Gasteiger partial charge on any atom is 0.174 e. The molecule has 1 N–H and O–H groups in total. The second-order valence-electron chi connectivity index (χ2n) is 7.81. The number of aromatic nitrogens is 2. The Bertz CT molecular complexity index is 1310. The molecule has 172 valence electrons. The van der Waals surface area contributed by atoms with E-state index in [4.69, 9.17) is 21.7 Å². The van der Waals surface area contributed by atoms with Crippen molar-refractivity contribution in [3.63, 3.8) is 0 Å². The van der Waals surface area contributed by atoms with Crippen molar-refractivity contribution in [3.8, 4) is 17.2 Å². The van der Waals surface area contributed by atoms with Gasteiger partial charge < -0.3 is 24.3 Å². The van der Waals surface area contributed by atoms with Gasteiger partial charge in [-0.25, -0.2) is 0 Å². The molecule has 2 aromatic carbocycles. The minimum Gasteiger partial charge on any atom is -0.497 e. The van der Waals surface area contributed by atoms with Gasteiger partial charge in [0.05, 0.1) is 31.6 Å². The highest BCUT2D eigenvalue weighted by Crippen LogP contribution is 2.46. The minimum absolute atomic E-state index is 0.172. The van der Waals surface area contributed by atoms with Crippen LogP contribution in [0.2, 0.25) is 0 Å². The minimum atomic E-state index is -0.193. The lowest BCUT2D eigenvalue weighted by Crippen LogP contribution is -2.30. The van der Waals surface area contributed by atoms with Gasteiger partial charge in [-0.1, -0.05) is 22.0 Å². The smallest absolute Gasteiger partial charge is 0.174 e. The summed E-state index contributed by atoms with van der Waals surface area (Å²) >= 11 is 9.42. The van der Waals surface area contributed by atoms with E-state index < -0.39 is 0 Å². The van der Waals surface area contributed by atoms with E-state index in [0.29, 0.717) is 10.9 Å². The van der Waals surface area contributed by atoms with Gasteiger partial charge in [-0.3, -0.25) is 4.98 Å². The van der Waals surface area contributed by atoms with Gasteiger partial charge in [0.1, 0.15) is 17.5 Å². The lowest BCUT2D eigenvalue weighted by Gasteiger charge is -2.30. The highest BCUT2D eigenvalue weighted by molar-refractivity contribution is 9.10. The molecule has 1 saturated heterocycles. The van der Waals surface area contributed by atoms with Crippen LogP contribution < -0.4 is 19.7 Å². The lowest BCUT2D eigenvalue weighted by atomic mass is 10.0. The Labute approximate surface area is 212 Å². The molecule has 0 unspecified atom stereocenters. The number of methoxy groups -OCH3 is 2. The molecule has 4 aromatic rings. The average molecular weight is 535 g/mol. The first-order valence-corrected chi connectivity index (χ1v) is 12.0. The van der Waals surface area contributed by atoms with Crippen LogP contribution in [-0.2, 0) is 0 Å². The summed E-state index contributed by atoms with van der Waals surface area (Å²) < 4.78 is 14.5. The molecular weight excluding hydrogens is 512 g/mol. The third kappa shape index (κ3) is 4.03. The summed E-state index contributed by atoms with van der Waals surface area (Å²) in [5, 5.41) is 4.10. The van der Waals surface area contributed by atoms with E-state index in [2.05, 4.69) is 66.2 Å². The van der Waals surface area contributed by atoms with Crippen LogP contribution >= 0.6 is 28.1 Å². The summed E-state index contributed by atoms with van der Waals surface area (Å²) in [5.74, 6) is 1.43. The number of benzene rings is 2. The number of pyridine rings is 1. The number of rotatable bonds is 6. The third-order valence-electron chi connectivity index (χ3n) is 5.93. The fourth-order valence-electron chi connectivity index (χ4n) is 4.37. The summed E-state index contributed by atoms with van der Waals surface area (Å²) in [5.41, 5.74) is 3.85. The van der Waals surface area contributed by atoms with Gasteiger partial charge in [0.25, 0.3) is 0 Å². The first-order valence-electron chi connectivity index (χ1n) is 10.8. The molecule has 0 spiro atoms. The molecular formula is C26H23BrN4O2S. The molecule has 3 heterocycles. The van der Waals surface area contributed by atoms with Crippen molar-refractivity contribution >= 4 is 38.9 Å². The zero-order chi connectivity index (χ0) is 23.7. The van der Waals surface area contributed by atoms with Crippen molar-refractivity contribution in [1.29, 1.82) is 0 Å². The van der Waals surface area contributed by atoms with Crippen LogP contribution in [0.25, 0.3) is 5.69 Å². The highest BCUT2D eigenvalue weighted by Gasteiger charge is 2.43. The third-order valence-corrected chi connectivity index (χ3v) is 6.77. The molecule has 2 atom stereocenters. The number of ether oxygens (including phenoxy) is 2. The maximum atomic E-state index is 5.89. The Morgan fingerprint density at radius 1 is 0.971 bits per heavy atom. The summed E-state index contributed by atoms with van der Waals surface area (Å²) in [6.07, 6.45) is 3.87. The van der Waals surface area contributed by atoms with Gasteiger partial charge in [0.2, 0.25) is 0 Å². The molecule has 0 aliphatic carbocycles. The van der Waals surface area contributed by atoms with E-state index in [-0.39, 0.29) is 12.1 Å². The SMILES string of the molecule is COc1ccc(OC)c(N2C(=S)N[C@H](c3ccccn3)[C@H]2c2cccn2-c2ccc(Br)cc2)c1. The number of nitrogens with zero attached hydrogens (tertiary/aromatic N) is 3. The second kappa shape index (κ2) is 9.48. The molecule has 8 heteroatoms. The first-order chi connectivity index (χ1) is 16.6. The monoisotopic (exact) mass is 534 g/mol. The van der Waals surface area contributed by atoms with Gasteiger partial charge in [0, 0.05) is 34.3 Å². The number of hydrogen-bond donors (Lipinski definition) is 1. The van der Waals surface area contributed by atoms with Crippen LogP contribution in [0.4, 0.5) is 5.69 Å². The lowest BCUT2D eigenvalue weighted by molar-refractivity contribution is 0.402. The van der Waals surface area contributed by atoms with E-state index in [1.54, 1.807) is 20.4 Å². The van der Waals surface area contributed by atoms with Crippen LogP contribution in [0, 0.1) is 0 Å². The van der Waals surface area contributed by atoms with Gasteiger partial charge in [-0.15, -0.1) is 0 Å². The van der Waals surface area contributed by atoms with E-state index in [9.17, 15) is 0 Å². The molecule has 1 fully saturated rings. The van der Waals surface area contributed by atoms with Gasteiger partial charge in [0.15, 0.2) is 5.11 Å². The number of thiocarbonyl (C=S) groups is 1. The zero-order valence-corrected chi connectivity index (χ0v) is 21.1. The standard InChI is InChI=1S/C26H23BrN4O2S/c1-32-19-12-13-23(33-2)22(16-19)31-25(24(29-26(31)34)20-6-3-4-14-28-20)21-7-5-15-30(21)18-10-8-17(27)9-11-18/h3-16,24-25H,1-2H3,(H,29,34)/t24-,25-/m1/s1. The van der Waals surface area contributed by atoms with Crippen molar-refractivity contribution < 1.29 is 9.47 Å². The van der Waals surface area contributed by atoms with Crippen LogP contribution in [-0.4, -0.2) is 28.9 Å². The molecule has 1 aliphatic rings. The van der Waals surface area contributed by atoms with Crippen molar-refractivity contribution in [2.45, 2.75) is 12.1 Å². The molecule has 0 bridgehead atoms. The summed E-state index contributed by atoms with van der Waals surface area (Å²) in [6, 6.07) is 23.7. The normalized spacial score (nSPS) is 17.5. The molecule has 2 aromatic heterocycles. The summed E-state index contributed by atoms with van der Waals surface area (Å²) in [6.45, 7) is 0. The predicted octanol–water partition coefficient (Wildman–Crippen LogP) is 5.83. The number of nitrogens with one attached hydrogen (secondary N) is 1. The molecule has 0 amide bonds. The van der Waals surface area contributed by atoms with Crippen molar-refractivity contribution in [1.82, 2.24) is 14.9 Å². The van der Waals surface area contributed by atoms with Crippen molar-refractivity contribution in [3.05, 3.63) is 101 Å². The summed E-state index contributed by atoms with van der Waals surface area (Å²) in [4.78, 5) is 6.75. The fourth-order valence-corrected chi connectivity index (χ4v) is 4.98. The predicted molar refractivity (Wildman–Crippen MR) is 141 cm³/mol. The second-order valence-corrected chi connectivity index (χ2v) is 9.12. The van der Waals surface area contributed by atoms with E-state index in [1.165, 1.54) is 0 Å². The molecule has 5 rings (SSSR count). The van der Waals surface area contributed by atoms with Gasteiger partial charge in [-0.2, -0.15) is 0 Å². The number of anilines is 1. The molecule has 6 nitrogen and oxygen atoms in total. The molecule has 1 aliphatic heterocycles. The quantitative estimate of drug-likeness (QED) is 0.314. The highest BCUT2D eigenvalue weighted by atomic mass is 79.9. The first kappa shape index (κ1) is 22.4. The largest absolute Gasteiger partial charge is 0.497 e. The number of halogens is 1. The van der Waals surface area contributed by atoms with E-state index >= 15 is 0 Å².